The Morgan fingerprint density at radius 3 is 2.39 bits per heavy atom. The fraction of sp³-hybridized carbons (Fsp3) is 0.471. The highest BCUT2D eigenvalue weighted by atomic mass is 16.2. The van der Waals surface area contributed by atoms with Crippen molar-refractivity contribution in [1.29, 1.82) is 0 Å². The lowest BCUT2D eigenvalue weighted by molar-refractivity contribution is 0.240. The molecule has 0 spiro atoms. The molecule has 0 fully saturated rings. The number of rotatable bonds is 6. The quantitative estimate of drug-likeness (QED) is 0.859. The van der Waals surface area contributed by atoms with Crippen LogP contribution in [-0.2, 0) is 6.54 Å². The Labute approximate surface area is 137 Å². The van der Waals surface area contributed by atoms with Gasteiger partial charge in [0.2, 0.25) is 0 Å². The lowest BCUT2D eigenvalue weighted by Gasteiger charge is -2.22. The summed E-state index contributed by atoms with van der Waals surface area (Å²) in [4.78, 5) is 12.2. The zero-order valence-electron chi connectivity index (χ0n) is 14.2. The maximum atomic E-state index is 12.2. The number of carbonyl (C=O) groups excluding carboxylic acids is 1. The van der Waals surface area contributed by atoms with Gasteiger partial charge in [-0.2, -0.15) is 0 Å². The van der Waals surface area contributed by atoms with E-state index in [1.165, 1.54) is 5.56 Å². The van der Waals surface area contributed by atoms with Crippen molar-refractivity contribution in [2.45, 2.75) is 46.2 Å². The largest absolute Gasteiger partial charge is 0.333 e. The van der Waals surface area contributed by atoms with Gasteiger partial charge < -0.3 is 10.6 Å². The van der Waals surface area contributed by atoms with Crippen LogP contribution in [0.4, 0.5) is 10.5 Å². The van der Waals surface area contributed by atoms with Crippen molar-refractivity contribution in [2.24, 2.45) is 5.92 Å². The van der Waals surface area contributed by atoms with E-state index in [-0.39, 0.29) is 18.0 Å². The highest BCUT2D eigenvalue weighted by molar-refractivity contribution is 5.89. The Balaban J connectivity index is 1.93. The highest BCUT2D eigenvalue weighted by Crippen LogP contribution is 2.17. The Bertz CT molecular complexity index is 604. The highest BCUT2D eigenvalue weighted by Gasteiger charge is 2.17. The standard InChI is InChI=1S/C17H25N5O/c1-12(2)14-5-7-15(8-6-14)19-17(23)20-16(13(3)4)11-22-10-9-18-21-22/h5-10,12-13,16H,11H2,1-4H3,(H2,19,20,23)/t16-/m0/s1. The minimum atomic E-state index is -0.207. The molecule has 0 radical (unpaired) electrons. The number of amides is 2. The topological polar surface area (TPSA) is 71.8 Å². The molecule has 1 heterocycles. The predicted molar refractivity (Wildman–Crippen MR) is 91.3 cm³/mol. The van der Waals surface area contributed by atoms with Gasteiger partial charge in [-0.1, -0.05) is 45.0 Å². The van der Waals surface area contributed by atoms with Crippen LogP contribution < -0.4 is 10.6 Å². The average Bonchev–Trinajstić information content (AvgIpc) is 3.00. The number of carbonyl (C=O) groups is 1. The second kappa shape index (κ2) is 7.76. The van der Waals surface area contributed by atoms with Gasteiger partial charge in [0, 0.05) is 11.9 Å². The van der Waals surface area contributed by atoms with Gasteiger partial charge in [-0.05, 0) is 29.5 Å². The molecule has 1 atom stereocenters. The van der Waals surface area contributed by atoms with E-state index in [4.69, 9.17) is 0 Å². The Morgan fingerprint density at radius 1 is 1.17 bits per heavy atom. The zero-order chi connectivity index (χ0) is 16.8. The van der Waals surface area contributed by atoms with Crippen molar-refractivity contribution in [3.05, 3.63) is 42.2 Å². The maximum Gasteiger partial charge on any atom is 0.319 e. The average molecular weight is 315 g/mol. The molecule has 2 rings (SSSR count). The molecular weight excluding hydrogens is 290 g/mol. The molecule has 0 saturated heterocycles. The minimum Gasteiger partial charge on any atom is -0.333 e. The summed E-state index contributed by atoms with van der Waals surface area (Å²) in [6, 6.07) is 7.70. The van der Waals surface area contributed by atoms with Crippen LogP contribution in [-0.4, -0.2) is 27.1 Å². The van der Waals surface area contributed by atoms with Crippen LogP contribution in [0.2, 0.25) is 0 Å². The molecule has 0 bridgehead atoms. The smallest absolute Gasteiger partial charge is 0.319 e. The second-order valence-corrected chi connectivity index (χ2v) is 6.35. The number of nitrogens with zero attached hydrogens (tertiary/aromatic N) is 3. The third kappa shape index (κ3) is 5.09. The van der Waals surface area contributed by atoms with E-state index in [2.05, 4.69) is 48.6 Å². The number of hydrogen-bond acceptors (Lipinski definition) is 3. The first-order valence-electron chi connectivity index (χ1n) is 7.97. The van der Waals surface area contributed by atoms with Gasteiger partial charge >= 0.3 is 6.03 Å². The minimum absolute atomic E-state index is 0.0216. The van der Waals surface area contributed by atoms with Crippen LogP contribution in [0.25, 0.3) is 0 Å². The number of hydrogen-bond donors (Lipinski definition) is 2. The third-order valence-corrected chi connectivity index (χ3v) is 3.81. The number of aromatic nitrogens is 3. The lowest BCUT2D eigenvalue weighted by atomic mass is 10.0. The van der Waals surface area contributed by atoms with E-state index in [9.17, 15) is 4.79 Å². The molecule has 1 aromatic heterocycles. The first-order chi connectivity index (χ1) is 11.0. The van der Waals surface area contributed by atoms with Crippen LogP contribution in [0.3, 0.4) is 0 Å². The van der Waals surface area contributed by atoms with Crippen molar-refractivity contribution >= 4 is 11.7 Å². The molecule has 0 aliphatic heterocycles. The summed E-state index contributed by atoms with van der Waals surface area (Å²) in [5.74, 6) is 0.763. The molecule has 23 heavy (non-hydrogen) atoms. The van der Waals surface area contributed by atoms with Gasteiger partial charge in [-0.15, -0.1) is 5.10 Å². The molecule has 1 aromatic carbocycles. The lowest BCUT2D eigenvalue weighted by Crippen LogP contribution is -2.43. The van der Waals surface area contributed by atoms with Crippen molar-refractivity contribution in [3.8, 4) is 0 Å². The van der Waals surface area contributed by atoms with E-state index in [1.807, 2.05) is 24.3 Å². The van der Waals surface area contributed by atoms with E-state index in [0.29, 0.717) is 12.5 Å². The summed E-state index contributed by atoms with van der Waals surface area (Å²) in [6.45, 7) is 9.02. The summed E-state index contributed by atoms with van der Waals surface area (Å²) in [5, 5.41) is 13.6. The number of anilines is 1. The molecule has 0 unspecified atom stereocenters. The van der Waals surface area contributed by atoms with Crippen LogP contribution in [0.1, 0.15) is 39.2 Å². The molecule has 6 nitrogen and oxygen atoms in total. The molecule has 2 N–H and O–H groups in total. The van der Waals surface area contributed by atoms with Crippen molar-refractivity contribution in [2.75, 3.05) is 5.32 Å². The van der Waals surface area contributed by atoms with E-state index >= 15 is 0 Å². The summed E-state index contributed by atoms with van der Waals surface area (Å²) in [7, 11) is 0. The molecule has 2 amide bonds. The Hall–Kier alpha value is -2.37. The Morgan fingerprint density at radius 2 is 1.87 bits per heavy atom. The second-order valence-electron chi connectivity index (χ2n) is 6.35. The third-order valence-electron chi connectivity index (χ3n) is 3.81. The first-order valence-corrected chi connectivity index (χ1v) is 7.97. The summed E-state index contributed by atoms with van der Waals surface area (Å²) < 4.78 is 1.72. The maximum absolute atomic E-state index is 12.2. The fourth-order valence-corrected chi connectivity index (χ4v) is 2.24. The molecular formula is C17H25N5O. The first kappa shape index (κ1) is 17.0. The van der Waals surface area contributed by atoms with E-state index < -0.39 is 0 Å². The van der Waals surface area contributed by atoms with Gasteiger partial charge in [0.05, 0.1) is 18.8 Å². The predicted octanol–water partition coefficient (Wildman–Crippen LogP) is 3.25. The normalized spacial score (nSPS) is 12.4. The van der Waals surface area contributed by atoms with Crippen molar-refractivity contribution < 1.29 is 4.79 Å². The molecule has 0 aliphatic carbocycles. The van der Waals surface area contributed by atoms with Gasteiger partial charge in [-0.25, -0.2) is 4.79 Å². The Kier molecular flexibility index (Phi) is 5.73. The number of benzene rings is 1. The monoisotopic (exact) mass is 315 g/mol. The fourth-order valence-electron chi connectivity index (χ4n) is 2.24. The number of urea groups is 1. The van der Waals surface area contributed by atoms with E-state index in [0.717, 1.165) is 5.69 Å². The number of nitrogens with one attached hydrogen (secondary N) is 2. The molecule has 0 saturated carbocycles. The van der Waals surface area contributed by atoms with Gasteiger partial charge in [0.25, 0.3) is 0 Å². The van der Waals surface area contributed by atoms with Crippen molar-refractivity contribution in [1.82, 2.24) is 20.3 Å². The summed E-state index contributed by atoms with van der Waals surface area (Å²) >= 11 is 0. The van der Waals surface area contributed by atoms with Crippen molar-refractivity contribution in [3.63, 3.8) is 0 Å². The van der Waals surface area contributed by atoms with Crippen LogP contribution in [0, 0.1) is 5.92 Å². The van der Waals surface area contributed by atoms with Gasteiger partial charge in [-0.3, -0.25) is 4.68 Å². The van der Waals surface area contributed by atoms with Crippen LogP contribution in [0.5, 0.6) is 0 Å². The molecule has 2 aromatic rings. The molecule has 6 heteroatoms. The van der Waals surface area contributed by atoms with Gasteiger partial charge in [0.15, 0.2) is 0 Å². The summed E-state index contributed by atoms with van der Waals surface area (Å²) in [6.07, 6.45) is 3.42. The molecule has 0 aliphatic rings. The van der Waals surface area contributed by atoms with E-state index in [1.54, 1.807) is 17.1 Å². The van der Waals surface area contributed by atoms with Crippen LogP contribution in [0.15, 0.2) is 36.7 Å². The summed E-state index contributed by atoms with van der Waals surface area (Å²) in [5.41, 5.74) is 2.04. The molecule has 124 valence electrons. The van der Waals surface area contributed by atoms with Crippen LogP contribution >= 0.6 is 0 Å². The zero-order valence-corrected chi connectivity index (χ0v) is 14.2. The van der Waals surface area contributed by atoms with Gasteiger partial charge in [0.1, 0.15) is 0 Å². The SMILES string of the molecule is CC(C)c1ccc(NC(=O)N[C@@H](Cn2ccnn2)C(C)C)cc1.